The molecule has 158 valence electrons. The predicted octanol–water partition coefficient (Wildman–Crippen LogP) is 5.02. The fourth-order valence-corrected chi connectivity index (χ4v) is 2.92. The van der Waals surface area contributed by atoms with Crippen LogP contribution < -0.4 is 24.3 Å². The second kappa shape index (κ2) is 10.0. The molecule has 0 aliphatic carbocycles. The predicted molar refractivity (Wildman–Crippen MR) is 116 cm³/mol. The van der Waals surface area contributed by atoms with Gasteiger partial charge in [-0.3, -0.25) is 4.79 Å². The maximum Gasteiger partial charge on any atom is 0.259 e. The van der Waals surface area contributed by atoms with Crippen LogP contribution in [0, 0.1) is 11.3 Å². The molecule has 3 aromatic carbocycles. The first-order valence-corrected chi connectivity index (χ1v) is 9.56. The number of carbonyl (C=O) groups excluding carboxylic acids is 1. The van der Waals surface area contributed by atoms with Crippen molar-refractivity contribution in [2.24, 2.45) is 0 Å². The smallest absolute Gasteiger partial charge is 0.259 e. The second-order valence-corrected chi connectivity index (χ2v) is 6.33. The number of nitrogens with one attached hydrogen (secondary N) is 1. The van der Waals surface area contributed by atoms with Crippen LogP contribution in [0.3, 0.4) is 0 Å². The van der Waals surface area contributed by atoms with Crippen LogP contribution in [0.15, 0.2) is 60.7 Å². The molecular weight excluding hydrogens is 396 g/mol. The number of nitrogens with zero attached hydrogens (tertiary/aromatic N) is 1. The Kier molecular flexibility index (Phi) is 6.97. The molecular formula is C24H22N2O5. The first-order chi connectivity index (χ1) is 15.1. The highest BCUT2D eigenvalue weighted by Crippen LogP contribution is 2.34. The van der Waals surface area contributed by atoms with Gasteiger partial charge in [-0.1, -0.05) is 12.1 Å². The van der Waals surface area contributed by atoms with Gasteiger partial charge in [0.1, 0.15) is 5.75 Å². The highest BCUT2D eigenvalue weighted by Gasteiger charge is 2.19. The largest absolute Gasteiger partial charge is 0.493 e. The van der Waals surface area contributed by atoms with E-state index in [-0.39, 0.29) is 11.3 Å². The minimum absolute atomic E-state index is 0.215. The van der Waals surface area contributed by atoms with Crippen LogP contribution in [-0.2, 0) is 0 Å². The molecule has 0 atom stereocenters. The summed E-state index contributed by atoms with van der Waals surface area (Å²) in [6, 6.07) is 19.3. The van der Waals surface area contributed by atoms with E-state index in [9.17, 15) is 10.1 Å². The van der Waals surface area contributed by atoms with Crippen LogP contribution in [0.2, 0.25) is 0 Å². The number of ether oxygens (including phenoxy) is 4. The monoisotopic (exact) mass is 418 g/mol. The lowest BCUT2D eigenvalue weighted by atomic mass is 10.1. The van der Waals surface area contributed by atoms with Crippen molar-refractivity contribution in [3.63, 3.8) is 0 Å². The molecule has 0 aliphatic rings. The molecule has 0 bridgehead atoms. The van der Waals surface area contributed by atoms with Gasteiger partial charge in [0.25, 0.3) is 5.91 Å². The lowest BCUT2D eigenvalue weighted by molar-refractivity contribution is 0.102. The summed E-state index contributed by atoms with van der Waals surface area (Å²) < 4.78 is 22.0. The summed E-state index contributed by atoms with van der Waals surface area (Å²) in [4.78, 5) is 12.9. The Bertz CT molecular complexity index is 1100. The van der Waals surface area contributed by atoms with Crippen molar-refractivity contribution in [1.82, 2.24) is 0 Å². The van der Waals surface area contributed by atoms with Gasteiger partial charge in [-0.2, -0.15) is 5.26 Å². The molecule has 0 heterocycles. The van der Waals surface area contributed by atoms with E-state index >= 15 is 0 Å². The average molecular weight is 418 g/mol. The summed E-state index contributed by atoms with van der Waals surface area (Å²) in [5.41, 5.74) is 1.07. The van der Waals surface area contributed by atoms with Crippen LogP contribution in [0.4, 0.5) is 5.69 Å². The normalized spacial score (nSPS) is 10.0. The molecule has 0 saturated heterocycles. The van der Waals surface area contributed by atoms with E-state index in [1.165, 1.54) is 19.2 Å². The van der Waals surface area contributed by atoms with Gasteiger partial charge in [-0.15, -0.1) is 0 Å². The number of anilines is 1. The molecule has 7 nitrogen and oxygen atoms in total. The Morgan fingerprint density at radius 2 is 1.65 bits per heavy atom. The third-order valence-electron chi connectivity index (χ3n) is 4.35. The van der Waals surface area contributed by atoms with E-state index < -0.39 is 5.91 Å². The molecule has 1 amide bonds. The van der Waals surface area contributed by atoms with Gasteiger partial charge >= 0.3 is 0 Å². The molecule has 0 fully saturated rings. The SMILES string of the molecule is CCOc1c(OC)cc(C#N)cc1C(=O)Nc1ccc(Oc2ccccc2OC)cc1. The van der Waals surface area contributed by atoms with Crippen molar-refractivity contribution < 1.29 is 23.7 Å². The van der Waals surface area contributed by atoms with Crippen molar-refractivity contribution in [1.29, 1.82) is 5.26 Å². The fraction of sp³-hybridized carbons (Fsp3) is 0.167. The van der Waals surface area contributed by atoms with Crippen LogP contribution in [0.25, 0.3) is 0 Å². The summed E-state index contributed by atoms with van der Waals surface area (Å²) in [7, 11) is 3.04. The number of carbonyl (C=O) groups is 1. The van der Waals surface area contributed by atoms with E-state index in [0.717, 1.165) is 0 Å². The van der Waals surface area contributed by atoms with E-state index in [0.29, 0.717) is 40.9 Å². The number of nitriles is 1. The molecule has 0 aromatic heterocycles. The highest BCUT2D eigenvalue weighted by molar-refractivity contribution is 6.07. The Morgan fingerprint density at radius 1 is 0.968 bits per heavy atom. The molecule has 3 aromatic rings. The van der Waals surface area contributed by atoms with Crippen molar-refractivity contribution in [3.8, 4) is 34.8 Å². The molecule has 0 unspecified atom stereocenters. The van der Waals surface area contributed by atoms with Crippen LogP contribution in [0.1, 0.15) is 22.8 Å². The zero-order valence-electron chi connectivity index (χ0n) is 17.5. The topological polar surface area (TPSA) is 89.8 Å². The van der Waals surface area contributed by atoms with Gasteiger partial charge in [0.05, 0.1) is 38.0 Å². The van der Waals surface area contributed by atoms with Gasteiger partial charge in [0.15, 0.2) is 23.0 Å². The summed E-state index contributed by atoms with van der Waals surface area (Å²) in [5, 5.41) is 12.1. The Balaban J connectivity index is 1.80. The second-order valence-electron chi connectivity index (χ2n) is 6.33. The fourth-order valence-electron chi connectivity index (χ4n) is 2.92. The van der Waals surface area contributed by atoms with Gasteiger partial charge in [-0.05, 0) is 49.4 Å². The lowest BCUT2D eigenvalue weighted by Crippen LogP contribution is -2.14. The van der Waals surface area contributed by atoms with Gasteiger partial charge in [0, 0.05) is 11.8 Å². The molecule has 0 spiro atoms. The molecule has 31 heavy (non-hydrogen) atoms. The number of para-hydroxylation sites is 2. The Morgan fingerprint density at radius 3 is 2.26 bits per heavy atom. The van der Waals surface area contributed by atoms with Crippen molar-refractivity contribution in [2.75, 3.05) is 26.1 Å². The van der Waals surface area contributed by atoms with E-state index in [4.69, 9.17) is 18.9 Å². The molecule has 7 heteroatoms. The minimum Gasteiger partial charge on any atom is -0.493 e. The van der Waals surface area contributed by atoms with Crippen LogP contribution in [0.5, 0.6) is 28.7 Å². The average Bonchev–Trinajstić information content (AvgIpc) is 2.80. The van der Waals surface area contributed by atoms with Crippen molar-refractivity contribution in [2.45, 2.75) is 6.92 Å². The van der Waals surface area contributed by atoms with E-state index in [2.05, 4.69) is 5.32 Å². The van der Waals surface area contributed by atoms with Crippen LogP contribution >= 0.6 is 0 Å². The lowest BCUT2D eigenvalue weighted by Gasteiger charge is -2.15. The van der Waals surface area contributed by atoms with Gasteiger partial charge in [0.2, 0.25) is 0 Å². The highest BCUT2D eigenvalue weighted by atomic mass is 16.5. The van der Waals surface area contributed by atoms with Crippen LogP contribution in [-0.4, -0.2) is 26.7 Å². The number of methoxy groups -OCH3 is 2. The summed E-state index contributed by atoms with van der Waals surface area (Å²) in [6.45, 7) is 2.15. The van der Waals surface area contributed by atoms with Crippen molar-refractivity contribution >= 4 is 11.6 Å². The summed E-state index contributed by atoms with van der Waals surface area (Å²) >= 11 is 0. The molecule has 0 aliphatic heterocycles. The maximum atomic E-state index is 12.9. The Labute approximate surface area is 180 Å². The van der Waals surface area contributed by atoms with Gasteiger partial charge in [-0.25, -0.2) is 0 Å². The molecule has 3 rings (SSSR count). The molecule has 1 N–H and O–H groups in total. The standard InChI is InChI=1S/C24H22N2O5/c1-4-30-23-19(13-16(15-25)14-22(23)29-3)24(27)26-17-9-11-18(12-10-17)31-21-8-6-5-7-20(21)28-2/h5-14H,4H2,1-3H3,(H,26,27). The third kappa shape index (κ3) is 5.06. The van der Waals surface area contributed by atoms with E-state index in [1.54, 1.807) is 44.4 Å². The zero-order chi connectivity index (χ0) is 22.2. The maximum absolute atomic E-state index is 12.9. The summed E-state index contributed by atoms with van der Waals surface area (Å²) in [6.07, 6.45) is 0. The quantitative estimate of drug-likeness (QED) is 0.553. The molecule has 0 saturated carbocycles. The molecule has 0 radical (unpaired) electrons. The van der Waals surface area contributed by atoms with E-state index in [1.807, 2.05) is 24.3 Å². The summed E-state index contributed by atoms with van der Waals surface area (Å²) in [5.74, 6) is 1.99. The number of hydrogen-bond donors (Lipinski definition) is 1. The third-order valence-corrected chi connectivity index (χ3v) is 4.35. The van der Waals surface area contributed by atoms with Crippen molar-refractivity contribution in [3.05, 3.63) is 71.8 Å². The first-order valence-electron chi connectivity index (χ1n) is 9.56. The number of hydrogen-bond acceptors (Lipinski definition) is 6. The number of rotatable bonds is 8. The minimum atomic E-state index is -0.419. The first kappa shape index (κ1) is 21.5. The van der Waals surface area contributed by atoms with Gasteiger partial charge < -0.3 is 24.3 Å². The zero-order valence-corrected chi connectivity index (χ0v) is 17.5. The number of benzene rings is 3. The Hall–Kier alpha value is -4.18. The number of amides is 1.